The average molecular weight is 331 g/mol. The van der Waals surface area contributed by atoms with E-state index in [1.165, 1.54) is 14.1 Å². The predicted octanol–water partition coefficient (Wildman–Crippen LogP) is 1.33. The summed E-state index contributed by atoms with van der Waals surface area (Å²) in [5, 5.41) is 4.37. The highest BCUT2D eigenvalue weighted by molar-refractivity contribution is 7.87. The molecule has 1 N–H and O–H groups in total. The van der Waals surface area contributed by atoms with Gasteiger partial charge in [-0.05, 0) is 12.1 Å². The Hall–Kier alpha value is -1.48. The number of nitrogens with zero attached hydrogens (tertiary/aromatic N) is 3. The maximum atomic E-state index is 11.5. The van der Waals surface area contributed by atoms with Crippen LogP contribution in [0, 0.1) is 0 Å². The third-order valence-electron chi connectivity index (χ3n) is 2.69. The molecule has 1 aromatic carbocycles. The Kier molecular flexibility index (Phi) is 4.94. The van der Waals surface area contributed by atoms with Gasteiger partial charge in [-0.15, -0.1) is 0 Å². The Morgan fingerprint density at radius 1 is 1.33 bits per heavy atom. The van der Waals surface area contributed by atoms with E-state index < -0.39 is 10.2 Å². The number of aromatic nitrogens is 2. The highest BCUT2D eigenvalue weighted by Crippen LogP contribution is 2.24. The summed E-state index contributed by atoms with van der Waals surface area (Å²) < 4.78 is 31.6. The molecule has 7 nitrogen and oxygen atoms in total. The lowest BCUT2D eigenvalue weighted by atomic mass is 10.2. The summed E-state index contributed by atoms with van der Waals surface area (Å²) in [6, 6.07) is 7.15. The van der Waals surface area contributed by atoms with Crippen molar-refractivity contribution in [2.24, 2.45) is 0 Å². The standard InChI is InChI=1S/C12H15ClN4O3S/c1-17(2)21(18,19)14-8-7-11-15-12(16-20-11)9-5-3-4-6-10(9)13/h3-6,14H,7-8H2,1-2H3. The highest BCUT2D eigenvalue weighted by Gasteiger charge is 2.14. The molecule has 2 rings (SSSR count). The zero-order valence-electron chi connectivity index (χ0n) is 11.6. The third-order valence-corrected chi connectivity index (χ3v) is 4.55. The molecular formula is C12H15ClN4O3S. The van der Waals surface area contributed by atoms with Gasteiger partial charge in [0.05, 0.1) is 5.02 Å². The molecule has 9 heteroatoms. The molecule has 0 spiro atoms. The molecule has 0 radical (unpaired) electrons. The maximum absolute atomic E-state index is 11.5. The molecule has 0 fully saturated rings. The predicted molar refractivity (Wildman–Crippen MR) is 79.1 cm³/mol. The van der Waals surface area contributed by atoms with Crippen molar-refractivity contribution in [3.05, 3.63) is 35.2 Å². The smallest absolute Gasteiger partial charge is 0.278 e. The Morgan fingerprint density at radius 2 is 2.05 bits per heavy atom. The molecule has 1 aromatic heterocycles. The molecule has 21 heavy (non-hydrogen) atoms. The van der Waals surface area contributed by atoms with Crippen LogP contribution in [0.1, 0.15) is 5.89 Å². The van der Waals surface area contributed by atoms with Gasteiger partial charge in [0, 0.05) is 32.6 Å². The molecule has 114 valence electrons. The van der Waals surface area contributed by atoms with Crippen LogP contribution in [0.4, 0.5) is 0 Å². The molecule has 0 atom stereocenters. The van der Waals surface area contributed by atoms with Crippen LogP contribution < -0.4 is 4.72 Å². The maximum Gasteiger partial charge on any atom is 0.278 e. The van der Waals surface area contributed by atoms with E-state index >= 15 is 0 Å². The lowest BCUT2D eigenvalue weighted by Crippen LogP contribution is -2.36. The first-order chi connectivity index (χ1) is 9.90. The summed E-state index contributed by atoms with van der Waals surface area (Å²) in [5.74, 6) is 0.720. The molecule has 1 heterocycles. The summed E-state index contributed by atoms with van der Waals surface area (Å²) in [6.45, 7) is 0.171. The zero-order valence-corrected chi connectivity index (χ0v) is 13.1. The van der Waals surface area contributed by atoms with Crippen molar-refractivity contribution < 1.29 is 12.9 Å². The summed E-state index contributed by atoms with van der Waals surface area (Å²) in [5.41, 5.74) is 0.669. The average Bonchev–Trinajstić information content (AvgIpc) is 2.87. The van der Waals surface area contributed by atoms with Gasteiger partial charge in [0.15, 0.2) is 0 Å². The van der Waals surface area contributed by atoms with Crippen molar-refractivity contribution in [3.8, 4) is 11.4 Å². The minimum Gasteiger partial charge on any atom is -0.339 e. The number of hydrogen-bond acceptors (Lipinski definition) is 5. The van der Waals surface area contributed by atoms with Crippen molar-refractivity contribution in [2.75, 3.05) is 20.6 Å². The van der Waals surface area contributed by atoms with E-state index in [0.29, 0.717) is 28.7 Å². The monoisotopic (exact) mass is 330 g/mol. The van der Waals surface area contributed by atoms with E-state index in [9.17, 15) is 8.42 Å². The Morgan fingerprint density at radius 3 is 2.71 bits per heavy atom. The van der Waals surface area contributed by atoms with Gasteiger partial charge < -0.3 is 4.52 Å². The van der Waals surface area contributed by atoms with Crippen LogP contribution in [0.2, 0.25) is 5.02 Å². The highest BCUT2D eigenvalue weighted by atomic mass is 35.5. The third kappa shape index (κ3) is 4.01. The van der Waals surface area contributed by atoms with E-state index in [1.54, 1.807) is 12.1 Å². The first-order valence-electron chi connectivity index (χ1n) is 6.15. The second-order valence-electron chi connectivity index (χ2n) is 4.42. The van der Waals surface area contributed by atoms with Gasteiger partial charge >= 0.3 is 0 Å². The number of benzene rings is 1. The van der Waals surface area contributed by atoms with Gasteiger partial charge in [-0.3, -0.25) is 0 Å². The topological polar surface area (TPSA) is 88.3 Å². The molecule has 0 bridgehead atoms. The Balaban J connectivity index is 2.00. The quantitative estimate of drug-likeness (QED) is 0.863. The number of nitrogens with one attached hydrogen (secondary N) is 1. The van der Waals surface area contributed by atoms with Crippen LogP contribution in [0.5, 0.6) is 0 Å². The van der Waals surface area contributed by atoms with Gasteiger partial charge in [-0.25, -0.2) is 4.72 Å². The minimum atomic E-state index is -3.45. The summed E-state index contributed by atoms with van der Waals surface area (Å²) in [7, 11) is -0.550. The fourth-order valence-corrected chi connectivity index (χ4v) is 2.36. The fraction of sp³-hybridized carbons (Fsp3) is 0.333. The Labute approximate surface area is 128 Å². The van der Waals surface area contributed by atoms with Crippen molar-refractivity contribution in [2.45, 2.75) is 6.42 Å². The van der Waals surface area contributed by atoms with E-state index in [1.807, 2.05) is 12.1 Å². The first-order valence-corrected chi connectivity index (χ1v) is 7.96. The molecule has 0 saturated carbocycles. The van der Waals surface area contributed by atoms with E-state index in [2.05, 4.69) is 14.9 Å². The van der Waals surface area contributed by atoms with E-state index in [4.69, 9.17) is 16.1 Å². The molecule has 0 aliphatic rings. The van der Waals surface area contributed by atoms with Crippen LogP contribution in [0.3, 0.4) is 0 Å². The van der Waals surface area contributed by atoms with Crippen molar-refractivity contribution in [1.29, 1.82) is 0 Å². The molecule has 0 aliphatic heterocycles. The van der Waals surface area contributed by atoms with Crippen LogP contribution >= 0.6 is 11.6 Å². The van der Waals surface area contributed by atoms with Gasteiger partial charge in [-0.2, -0.15) is 17.7 Å². The van der Waals surface area contributed by atoms with Crippen molar-refractivity contribution >= 4 is 21.8 Å². The lowest BCUT2D eigenvalue weighted by molar-refractivity contribution is 0.378. The van der Waals surface area contributed by atoms with Gasteiger partial charge in [0.2, 0.25) is 11.7 Å². The Bertz CT molecular complexity index is 715. The molecule has 0 unspecified atom stereocenters. The van der Waals surface area contributed by atoms with Crippen molar-refractivity contribution in [3.63, 3.8) is 0 Å². The van der Waals surface area contributed by atoms with Crippen LogP contribution in [-0.4, -0.2) is 43.5 Å². The molecular weight excluding hydrogens is 316 g/mol. The minimum absolute atomic E-state index is 0.171. The summed E-state index contributed by atoms with van der Waals surface area (Å²) in [6.07, 6.45) is 0.296. The summed E-state index contributed by atoms with van der Waals surface area (Å²) >= 11 is 6.05. The number of hydrogen-bond donors (Lipinski definition) is 1. The molecule has 0 saturated heterocycles. The lowest BCUT2D eigenvalue weighted by Gasteiger charge is -2.11. The zero-order chi connectivity index (χ0) is 15.5. The largest absolute Gasteiger partial charge is 0.339 e. The van der Waals surface area contributed by atoms with Gasteiger partial charge in [-0.1, -0.05) is 28.9 Å². The number of rotatable bonds is 6. The molecule has 0 aliphatic carbocycles. The fourth-order valence-electron chi connectivity index (χ4n) is 1.52. The van der Waals surface area contributed by atoms with Crippen molar-refractivity contribution in [1.82, 2.24) is 19.2 Å². The van der Waals surface area contributed by atoms with E-state index in [-0.39, 0.29) is 6.54 Å². The van der Waals surface area contributed by atoms with Crippen LogP contribution in [-0.2, 0) is 16.6 Å². The van der Waals surface area contributed by atoms with Crippen LogP contribution in [0.25, 0.3) is 11.4 Å². The normalized spacial score (nSPS) is 12.0. The molecule has 0 amide bonds. The number of halogens is 1. The summed E-state index contributed by atoms with van der Waals surface area (Å²) in [4.78, 5) is 4.20. The second-order valence-corrected chi connectivity index (χ2v) is 6.80. The van der Waals surface area contributed by atoms with Gasteiger partial charge in [0.25, 0.3) is 10.2 Å². The van der Waals surface area contributed by atoms with E-state index in [0.717, 1.165) is 4.31 Å². The van der Waals surface area contributed by atoms with Crippen LogP contribution in [0.15, 0.2) is 28.8 Å². The first kappa shape index (κ1) is 15.9. The SMILES string of the molecule is CN(C)S(=O)(=O)NCCc1nc(-c2ccccc2Cl)no1. The molecule has 2 aromatic rings. The van der Waals surface area contributed by atoms with Gasteiger partial charge in [0.1, 0.15) is 0 Å². The second kappa shape index (κ2) is 6.52.